The van der Waals surface area contributed by atoms with Crippen molar-refractivity contribution < 1.29 is 19.1 Å². The van der Waals surface area contributed by atoms with Crippen molar-refractivity contribution in [2.45, 2.75) is 44.4 Å². The molecule has 2 rings (SSSR count). The molecule has 1 aliphatic heterocycles. The molecule has 1 amide bonds. The first-order valence-corrected chi connectivity index (χ1v) is 8.96. The summed E-state index contributed by atoms with van der Waals surface area (Å²) in [5, 5.41) is 3.63. The average Bonchev–Trinajstić information content (AvgIpc) is 3.02. The van der Waals surface area contributed by atoms with Gasteiger partial charge in [-0.15, -0.1) is 12.4 Å². The van der Waals surface area contributed by atoms with Crippen molar-refractivity contribution in [3.8, 4) is 0 Å². The third kappa shape index (κ3) is 6.59. The van der Waals surface area contributed by atoms with Crippen molar-refractivity contribution in [2.24, 2.45) is 5.73 Å². The first kappa shape index (κ1) is 23.0. The Morgan fingerprint density at radius 3 is 2.50 bits per heavy atom. The molecule has 0 aromatic heterocycles. The van der Waals surface area contributed by atoms with E-state index in [2.05, 4.69) is 5.32 Å². The smallest absolute Gasteiger partial charge is 0.328 e. The van der Waals surface area contributed by atoms with Crippen LogP contribution >= 0.6 is 35.6 Å². The summed E-state index contributed by atoms with van der Waals surface area (Å²) >= 11 is 12.0. The molecule has 0 bridgehead atoms. The molecule has 26 heavy (non-hydrogen) atoms. The zero-order valence-electron chi connectivity index (χ0n) is 14.4. The number of esters is 1. The van der Waals surface area contributed by atoms with Crippen molar-refractivity contribution in [2.75, 3.05) is 13.2 Å². The molecule has 1 saturated heterocycles. The molecule has 1 aromatic carbocycles. The molecule has 0 radical (unpaired) electrons. The Hall–Kier alpha value is -1.05. The number of hydrogen-bond acceptors (Lipinski definition) is 5. The molecule has 3 atom stereocenters. The zero-order valence-corrected chi connectivity index (χ0v) is 16.7. The topological polar surface area (TPSA) is 90.7 Å². The number of carbonyl (C=O) groups is 2. The van der Waals surface area contributed by atoms with Crippen LogP contribution in [0.3, 0.4) is 0 Å². The number of nitrogens with one attached hydrogen (secondary N) is 1. The number of halogens is 3. The second-order valence-corrected chi connectivity index (χ2v) is 6.73. The SMILES string of the molecule is CCOC(=O)C(Cc1cc(Cl)cc(Cl)c1)NC(=O)[C@@H]1CC[C@H](CN)O1.Cl. The van der Waals surface area contributed by atoms with Gasteiger partial charge in [0.05, 0.1) is 12.7 Å². The van der Waals surface area contributed by atoms with Gasteiger partial charge in [0.15, 0.2) is 0 Å². The zero-order chi connectivity index (χ0) is 18.4. The van der Waals surface area contributed by atoms with Gasteiger partial charge in [-0.2, -0.15) is 0 Å². The summed E-state index contributed by atoms with van der Waals surface area (Å²) in [6, 6.07) is 4.15. The maximum absolute atomic E-state index is 12.4. The van der Waals surface area contributed by atoms with Gasteiger partial charge in [0.1, 0.15) is 12.1 Å². The maximum Gasteiger partial charge on any atom is 0.328 e. The Morgan fingerprint density at radius 2 is 1.96 bits per heavy atom. The summed E-state index contributed by atoms with van der Waals surface area (Å²) in [4.78, 5) is 24.6. The molecular formula is C17H23Cl3N2O4. The van der Waals surface area contributed by atoms with Crippen LogP contribution < -0.4 is 11.1 Å². The van der Waals surface area contributed by atoms with Gasteiger partial charge < -0.3 is 20.5 Å². The van der Waals surface area contributed by atoms with Crippen LogP contribution in [-0.2, 0) is 25.5 Å². The monoisotopic (exact) mass is 424 g/mol. The van der Waals surface area contributed by atoms with Crippen LogP contribution in [0.15, 0.2) is 18.2 Å². The highest BCUT2D eigenvalue weighted by molar-refractivity contribution is 6.34. The van der Waals surface area contributed by atoms with Crippen molar-refractivity contribution in [3.05, 3.63) is 33.8 Å². The van der Waals surface area contributed by atoms with Gasteiger partial charge >= 0.3 is 5.97 Å². The lowest BCUT2D eigenvalue weighted by Gasteiger charge is -2.20. The predicted molar refractivity (Wildman–Crippen MR) is 103 cm³/mol. The van der Waals surface area contributed by atoms with E-state index in [4.69, 9.17) is 38.4 Å². The molecule has 146 valence electrons. The molecule has 0 spiro atoms. The van der Waals surface area contributed by atoms with Gasteiger partial charge in [0, 0.05) is 23.0 Å². The molecule has 9 heteroatoms. The van der Waals surface area contributed by atoms with Gasteiger partial charge in [-0.1, -0.05) is 23.2 Å². The van der Waals surface area contributed by atoms with E-state index in [1.165, 1.54) is 0 Å². The van der Waals surface area contributed by atoms with Gasteiger partial charge in [-0.25, -0.2) is 4.79 Å². The number of benzene rings is 1. The van der Waals surface area contributed by atoms with E-state index in [1.807, 2.05) is 0 Å². The molecule has 0 aliphatic carbocycles. The van der Waals surface area contributed by atoms with Crippen LogP contribution in [0, 0.1) is 0 Å². The summed E-state index contributed by atoms with van der Waals surface area (Å²) in [5.74, 6) is -0.859. The fourth-order valence-corrected chi connectivity index (χ4v) is 3.31. The lowest BCUT2D eigenvalue weighted by Crippen LogP contribution is -2.47. The minimum absolute atomic E-state index is 0. The van der Waals surface area contributed by atoms with E-state index < -0.39 is 18.1 Å². The van der Waals surface area contributed by atoms with Crippen molar-refractivity contribution in [3.63, 3.8) is 0 Å². The van der Waals surface area contributed by atoms with Crippen molar-refractivity contribution in [1.82, 2.24) is 5.32 Å². The average molecular weight is 426 g/mol. The highest BCUT2D eigenvalue weighted by Crippen LogP contribution is 2.21. The van der Waals surface area contributed by atoms with Crippen LogP contribution in [0.5, 0.6) is 0 Å². The van der Waals surface area contributed by atoms with E-state index in [9.17, 15) is 9.59 Å². The molecule has 1 heterocycles. The van der Waals surface area contributed by atoms with Crippen LogP contribution in [0.1, 0.15) is 25.3 Å². The van der Waals surface area contributed by atoms with Gasteiger partial charge in [0.2, 0.25) is 5.91 Å². The van der Waals surface area contributed by atoms with E-state index in [0.717, 1.165) is 12.0 Å². The Bertz CT molecular complexity index is 610. The van der Waals surface area contributed by atoms with Crippen LogP contribution in [-0.4, -0.2) is 43.3 Å². The van der Waals surface area contributed by atoms with Crippen molar-refractivity contribution >= 4 is 47.5 Å². The molecule has 1 unspecified atom stereocenters. The number of hydrogen-bond donors (Lipinski definition) is 2. The molecule has 1 fully saturated rings. The van der Waals surface area contributed by atoms with E-state index in [-0.39, 0.29) is 37.4 Å². The molecule has 3 N–H and O–H groups in total. The molecule has 6 nitrogen and oxygen atoms in total. The third-order valence-corrected chi connectivity index (χ3v) is 4.35. The molecule has 0 saturated carbocycles. The quantitative estimate of drug-likeness (QED) is 0.655. The molecule has 1 aromatic rings. The highest BCUT2D eigenvalue weighted by atomic mass is 35.5. The summed E-state index contributed by atoms with van der Waals surface area (Å²) in [6.45, 7) is 2.29. The normalized spacial score (nSPS) is 20.2. The van der Waals surface area contributed by atoms with Crippen molar-refractivity contribution in [1.29, 1.82) is 0 Å². The van der Waals surface area contributed by atoms with E-state index in [1.54, 1.807) is 25.1 Å². The van der Waals surface area contributed by atoms with Gasteiger partial charge in [-0.05, 0) is 43.5 Å². The summed E-state index contributed by atoms with van der Waals surface area (Å²) < 4.78 is 10.6. The minimum Gasteiger partial charge on any atom is -0.464 e. The number of amides is 1. The lowest BCUT2D eigenvalue weighted by molar-refractivity contribution is -0.148. The Morgan fingerprint density at radius 1 is 1.31 bits per heavy atom. The molecular weight excluding hydrogens is 403 g/mol. The Labute approximate surface area is 169 Å². The number of rotatable bonds is 7. The second kappa shape index (κ2) is 10.9. The fourth-order valence-electron chi connectivity index (χ4n) is 2.74. The Kier molecular flexibility index (Phi) is 9.68. The predicted octanol–water partition coefficient (Wildman–Crippen LogP) is 2.51. The summed E-state index contributed by atoms with van der Waals surface area (Å²) in [6.07, 6.45) is 0.795. The highest BCUT2D eigenvalue weighted by Gasteiger charge is 2.32. The van der Waals surface area contributed by atoms with Gasteiger partial charge in [-0.3, -0.25) is 4.79 Å². The number of carbonyl (C=O) groups excluding carboxylic acids is 2. The van der Waals surface area contributed by atoms with Crippen LogP contribution in [0.2, 0.25) is 10.0 Å². The van der Waals surface area contributed by atoms with Crippen LogP contribution in [0.25, 0.3) is 0 Å². The Balaban J connectivity index is 0.00000338. The first-order valence-electron chi connectivity index (χ1n) is 8.20. The maximum atomic E-state index is 12.4. The summed E-state index contributed by atoms with van der Waals surface area (Å²) in [5.41, 5.74) is 6.28. The standard InChI is InChI=1S/C17H22Cl2N2O4.ClH/c1-2-24-17(23)14(7-10-5-11(18)8-12(19)6-10)21-16(22)15-4-3-13(9-20)25-15;/h5-6,8,13-15H,2-4,7,9,20H2,1H3,(H,21,22);1H/t13-,14?,15+;/m1./s1. The minimum atomic E-state index is -0.845. The number of ether oxygens (including phenoxy) is 2. The lowest BCUT2D eigenvalue weighted by atomic mass is 10.1. The summed E-state index contributed by atoms with van der Waals surface area (Å²) in [7, 11) is 0. The second-order valence-electron chi connectivity index (χ2n) is 5.85. The largest absolute Gasteiger partial charge is 0.464 e. The molecule has 1 aliphatic rings. The van der Waals surface area contributed by atoms with E-state index in [0.29, 0.717) is 23.0 Å². The van der Waals surface area contributed by atoms with E-state index >= 15 is 0 Å². The van der Waals surface area contributed by atoms with Crippen LogP contribution in [0.4, 0.5) is 0 Å². The fraction of sp³-hybridized carbons (Fsp3) is 0.529. The third-order valence-electron chi connectivity index (χ3n) is 3.91. The number of nitrogens with two attached hydrogens (primary N) is 1. The van der Waals surface area contributed by atoms with Gasteiger partial charge in [0.25, 0.3) is 0 Å². The first-order chi connectivity index (χ1) is 11.9.